The highest BCUT2D eigenvalue weighted by molar-refractivity contribution is 5.80. The van der Waals surface area contributed by atoms with Crippen LogP contribution in [0.5, 0.6) is 0 Å². The molecule has 0 aromatic heterocycles. The first-order chi connectivity index (χ1) is 12.6. The van der Waals surface area contributed by atoms with Crippen molar-refractivity contribution in [1.29, 1.82) is 0 Å². The monoisotopic (exact) mass is 353 g/mol. The summed E-state index contributed by atoms with van der Waals surface area (Å²) in [5.41, 5.74) is 0.802. The molecule has 3 rings (SSSR count). The molecule has 0 bridgehead atoms. The molecule has 138 valence electrons. The van der Waals surface area contributed by atoms with Gasteiger partial charge in [0.15, 0.2) is 5.72 Å². The van der Waals surface area contributed by atoms with E-state index in [9.17, 15) is 9.90 Å². The predicted octanol–water partition coefficient (Wildman–Crippen LogP) is 3.88. The number of aliphatic hydroxyl groups is 1. The predicted molar refractivity (Wildman–Crippen MR) is 101 cm³/mol. The average molecular weight is 353 g/mol. The molecule has 1 aliphatic rings. The minimum Gasteiger partial charge on any atom is -0.368 e. The van der Waals surface area contributed by atoms with Crippen LogP contribution in [0.4, 0.5) is 0 Å². The smallest absolute Gasteiger partial charge is 0.228 e. The summed E-state index contributed by atoms with van der Waals surface area (Å²) in [6, 6.07) is 19.7. The summed E-state index contributed by atoms with van der Waals surface area (Å²) in [6.45, 7) is 2.89. The van der Waals surface area contributed by atoms with E-state index in [1.54, 1.807) is 4.90 Å². The SMILES string of the molecule is CCCCC1(O)[C@@H](OCc2ccccc2)CC(=O)N1Cc1ccccc1. The molecule has 2 atom stereocenters. The third-order valence-corrected chi connectivity index (χ3v) is 5.02. The van der Waals surface area contributed by atoms with Crippen molar-refractivity contribution in [3.05, 3.63) is 71.8 Å². The minimum atomic E-state index is -1.25. The first-order valence-corrected chi connectivity index (χ1v) is 9.36. The van der Waals surface area contributed by atoms with Gasteiger partial charge in [0.1, 0.15) is 6.10 Å². The number of benzene rings is 2. The number of unbranched alkanes of at least 4 members (excludes halogenated alkanes) is 1. The van der Waals surface area contributed by atoms with Crippen LogP contribution in [0.15, 0.2) is 60.7 Å². The van der Waals surface area contributed by atoms with Gasteiger partial charge in [0, 0.05) is 6.54 Å². The van der Waals surface area contributed by atoms with Crippen LogP contribution in [0, 0.1) is 0 Å². The zero-order valence-electron chi connectivity index (χ0n) is 15.3. The van der Waals surface area contributed by atoms with Gasteiger partial charge in [-0.25, -0.2) is 0 Å². The van der Waals surface area contributed by atoms with Gasteiger partial charge in [-0.15, -0.1) is 0 Å². The normalized spacial score (nSPS) is 22.8. The first-order valence-electron chi connectivity index (χ1n) is 9.36. The van der Waals surface area contributed by atoms with Crippen molar-refractivity contribution in [2.45, 2.75) is 57.6 Å². The number of nitrogens with zero attached hydrogens (tertiary/aromatic N) is 1. The van der Waals surface area contributed by atoms with Crippen molar-refractivity contribution in [2.75, 3.05) is 0 Å². The molecule has 1 unspecified atom stereocenters. The van der Waals surface area contributed by atoms with Crippen LogP contribution < -0.4 is 0 Å². The maximum Gasteiger partial charge on any atom is 0.228 e. The molecular formula is C22H27NO3. The van der Waals surface area contributed by atoms with E-state index in [4.69, 9.17) is 4.74 Å². The second kappa shape index (κ2) is 8.47. The van der Waals surface area contributed by atoms with E-state index in [1.165, 1.54) is 0 Å². The molecule has 1 heterocycles. The summed E-state index contributed by atoms with van der Waals surface area (Å²) in [7, 11) is 0. The van der Waals surface area contributed by atoms with Gasteiger partial charge < -0.3 is 14.7 Å². The van der Waals surface area contributed by atoms with E-state index < -0.39 is 11.8 Å². The van der Waals surface area contributed by atoms with E-state index >= 15 is 0 Å². The molecule has 26 heavy (non-hydrogen) atoms. The molecule has 1 N–H and O–H groups in total. The lowest BCUT2D eigenvalue weighted by Crippen LogP contribution is -2.51. The Kier molecular flexibility index (Phi) is 6.07. The third kappa shape index (κ3) is 4.14. The first kappa shape index (κ1) is 18.6. The van der Waals surface area contributed by atoms with Gasteiger partial charge in [-0.3, -0.25) is 4.79 Å². The molecule has 1 aliphatic heterocycles. The van der Waals surface area contributed by atoms with Crippen molar-refractivity contribution in [3.63, 3.8) is 0 Å². The third-order valence-electron chi connectivity index (χ3n) is 5.02. The zero-order chi connectivity index (χ0) is 18.4. The van der Waals surface area contributed by atoms with Crippen molar-refractivity contribution < 1.29 is 14.6 Å². The molecule has 0 saturated carbocycles. The van der Waals surface area contributed by atoms with Crippen molar-refractivity contribution in [3.8, 4) is 0 Å². The molecule has 1 saturated heterocycles. The van der Waals surface area contributed by atoms with Crippen LogP contribution in [0.25, 0.3) is 0 Å². The van der Waals surface area contributed by atoms with Crippen molar-refractivity contribution in [2.24, 2.45) is 0 Å². The lowest BCUT2D eigenvalue weighted by molar-refractivity contribution is -0.177. The fourth-order valence-corrected chi connectivity index (χ4v) is 3.51. The molecule has 0 radical (unpaired) electrons. The lowest BCUT2D eigenvalue weighted by Gasteiger charge is -2.37. The largest absolute Gasteiger partial charge is 0.368 e. The van der Waals surface area contributed by atoms with Crippen LogP contribution in [0.1, 0.15) is 43.7 Å². The van der Waals surface area contributed by atoms with Gasteiger partial charge >= 0.3 is 0 Å². The van der Waals surface area contributed by atoms with Gasteiger partial charge in [0.25, 0.3) is 0 Å². The van der Waals surface area contributed by atoms with E-state index in [2.05, 4.69) is 6.92 Å². The number of carbonyl (C=O) groups is 1. The molecule has 4 heteroatoms. The summed E-state index contributed by atoms with van der Waals surface area (Å²) in [5.74, 6) is -0.0504. The van der Waals surface area contributed by atoms with Gasteiger partial charge in [0.2, 0.25) is 5.91 Å². The fraction of sp³-hybridized carbons (Fsp3) is 0.409. The Hall–Kier alpha value is -2.17. The highest BCUT2D eigenvalue weighted by Gasteiger charge is 2.51. The molecule has 1 fully saturated rings. The summed E-state index contributed by atoms with van der Waals surface area (Å²) in [5, 5.41) is 11.4. The topological polar surface area (TPSA) is 49.8 Å². The summed E-state index contributed by atoms with van der Waals surface area (Å²) in [4.78, 5) is 14.3. The molecular weight excluding hydrogens is 326 g/mol. The van der Waals surface area contributed by atoms with Crippen molar-refractivity contribution >= 4 is 5.91 Å². The molecule has 1 amide bonds. The summed E-state index contributed by atoms with van der Waals surface area (Å²) >= 11 is 0. The lowest BCUT2D eigenvalue weighted by atomic mass is 9.99. The number of ether oxygens (including phenoxy) is 1. The summed E-state index contributed by atoms with van der Waals surface area (Å²) < 4.78 is 6.03. The van der Waals surface area contributed by atoms with Gasteiger partial charge in [-0.2, -0.15) is 0 Å². The van der Waals surface area contributed by atoms with E-state index in [-0.39, 0.29) is 12.3 Å². The Morgan fingerprint density at radius 2 is 1.69 bits per heavy atom. The highest BCUT2D eigenvalue weighted by atomic mass is 16.5. The summed E-state index contributed by atoms with van der Waals surface area (Å²) in [6.07, 6.45) is 2.05. The van der Waals surface area contributed by atoms with E-state index in [1.807, 2.05) is 60.7 Å². The fourth-order valence-electron chi connectivity index (χ4n) is 3.51. The minimum absolute atomic E-state index is 0.0504. The maximum atomic E-state index is 12.7. The number of hydrogen-bond acceptors (Lipinski definition) is 3. The Morgan fingerprint density at radius 1 is 1.08 bits per heavy atom. The molecule has 0 spiro atoms. The second-order valence-electron chi connectivity index (χ2n) is 6.94. The van der Waals surface area contributed by atoms with Crippen LogP contribution >= 0.6 is 0 Å². The second-order valence-corrected chi connectivity index (χ2v) is 6.94. The number of likely N-dealkylation sites (tertiary alicyclic amines) is 1. The molecule has 2 aromatic carbocycles. The van der Waals surface area contributed by atoms with Gasteiger partial charge in [-0.05, 0) is 24.0 Å². The standard InChI is InChI=1S/C22H27NO3/c1-2-3-14-22(25)20(26-17-19-12-8-5-9-13-19)15-21(24)23(22)16-18-10-6-4-7-11-18/h4-13,20,25H,2-3,14-17H2,1H3/t20-,22?/m0/s1. The Bertz CT molecular complexity index is 704. The number of carbonyl (C=O) groups excluding carboxylic acids is 1. The quantitative estimate of drug-likeness (QED) is 0.783. The number of hydrogen-bond donors (Lipinski definition) is 1. The Balaban J connectivity index is 1.76. The average Bonchev–Trinajstić information content (AvgIpc) is 2.91. The number of amides is 1. The molecule has 2 aromatic rings. The van der Waals surface area contributed by atoms with E-state index in [0.29, 0.717) is 19.6 Å². The van der Waals surface area contributed by atoms with Crippen molar-refractivity contribution in [1.82, 2.24) is 4.90 Å². The zero-order valence-corrected chi connectivity index (χ0v) is 15.3. The van der Waals surface area contributed by atoms with Gasteiger partial charge in [-0.1, -0.05) is 74.0 Å². The number of rotatable bonds is 8. The maximum absolute atomic E-state index is 12.7. The van der Waals surface area contributed by atoms with Crippen LogP contribution in [0.2, 0.25) is 0 Å². The Labute approximate surface area is 155 Å². The van der Waals surface area contributed by atoms with Crippen LogP contribution in [-0.2, 0) is 22.7 Å². The molecule has 0 aliphatic carbocycles. The molecule has 4 nitrogen and oxygen atoms in total. The highest BCUT2D eigenvalue weighted by Crippen LogP contribution is 2.36. The van der Waals surface area contributed by atoms with Gasteiger partial charge in [0.05, 0.1) is 13.0 Å². The Morgan fingerprint density at radius 3 is 2.31 bits per heavy atom. The van der Waals surface area contributed by atoms with E-state index in [0.717, 1.165) is 24.0 Å². The van der Waals surface area contributed by atoms with Crippen LogP contribution in [0.3, 0.4) is 0 Å². The van der Waals surface area contributed by atoms with Crippen LogP contribution in [-0.4, -0.2) is 27.7 Å².